The summed E-state index contributed by atoms with van der Waals surface area (Å²) < 4.78 is 11.2. The van der Waals surface area contributed by atoms with Crippen LogP contribution in [-0.4, -0.2) is 55.5 Å². The van der Waals surface area contributed by atoms with Gasteiger partial charge < -0.3 is 20.1 Å². The third-order valence-corrected chi connectivity index (χ3v) is 4.43. The van der Waals surface area contributed by atoms with Crippen molar-refractivity contribution in [1.82, 2.24) is 10.6 Å². The number of amides is 1. The Hall–Kier alpha value is -0.460. The first-order valence-electron chi connectivity index (χ1n) is 8.71. The molecular weight excluding hydrogens is 312 g/mol. The van der Waals surface area contributed by atoms with Gasteiger partial charge in [0.15, 0.2) is 0 Å². The van der Waals surface area contributed by atoms with Crippen LogP contribution in [0, 0.1) is 0 Å². The zero-order valence-corrected chi connectivity index (χ0v) is 16.0. The maximum Gasteiger partial charge on any atom is 0.407 e. The van der Waals surface area contributed by atoms with E-state index in [4.69, 9.17) is 9.47 Å². The molecule has 0 heterocycles. The zero-order chi connectivity index (χ0) is 17.1. The quantitative estimate of drug-likeness (QED) is 0.628. The highest BCUT2D eigenvalue weighted by molar-refractivity contribution is 7.98. The minimum Gasteiger partial charge on any atom is -0.444 e. The van der Waals surface area contributed by atoms with Gasteiger partial charge in [0, 0.05) is 12.6 Å². The second-order valence-corrected chi connectivity index (χ2v) is 8.07. The molecule has 1 saturated carbocycles. The van der Waals surface area contributed by atoms with Crippen LogP contribution in [0.1, 0.15) is 52.9 Å². The van der Waals surface area contributed by atoms with Crippen molar-refractivity contribution >= 4 is 17.9 Å². The van der Waals surface area contributed by atoms with Crippen molar-refractivity contribution in [3.05, 3.63) is 0 Å². The number of thioether (sulfide) groups is 1. The first kappa shape index (κ1) is 20.6. The van der Waals surface area contributed by atoms with Crippen molar-refractivity contribution in [1.29, 1.82) is 0 Å². The van der Waals surface area contributed by atoms with Crippen molar-refractivity contribution in [2.45, 2.75) is 70.6 Å². The fourth-order valence-electron chi connectivity index (χ4n) is 2.61. The smallest absolute Gasteiger partial charge is 0.407 e. The summed E-state index contributed by atoms with van der Waals surface area (Å²) in [7, 11) is 0. The molecule has 1 aliphatic carbocycles. The van der Waals surface area contributed by atoms with E-state index in [1.807, 2.05) is 32.5 Å². The molecule has 0 bridgehead atoms. The second kappa shape index (κ2) is 11.2. The Kier molecular flexibility index (Phi) is 9.99. The van der Waals surface area contributed by atoms with Crippen LogP contribution in [0.3, 0.4) is 0 Å². The Labute approximate surface area is 145 Å². The van der Waals surface area contributed by atoms with E-state index in [2.05, 4.69) is 16.9 Å². The molecule has 0 spiro atoms. The maximum atomic E-state index is 11.8. The fourth-order valence-corrected chi connectivity index (χ4v) is 3.05. The molecule has 1 amide bonds. The molecule has 1 rings (SSSR count). The minimum absolute atomic E-state index is 0.217. The second-order valence-electron chi connectivity index (χ2n) is 7.09. The number of rotatable bonds is 9. The highest BCUT2D eigenvalue weighted by atomic mass is 32.2. The number of carbonyl (C=O) groups is 1. The predicted octanol–water partition coefficient (Wildman–Crippen LogP) is 3.18. The lowest BCUT2D eigenvalue weighted by Gasteiger charge is -2.30. The van der Waals surface area contributed by atoms with Crippen molar-refractivity contribution < 1.29 is 14.3 Å². The molecule has 0 saturated heterocycles. The van der Waals surface area contributed by atoms with Crippen LogP contribution >= 0.6 is 11.8 Å². The molecule has 23 heavy (non-hydrogen) atoms. The van der Waals surface area contributed by atoms with Crippen LogP contribution in [0.5, 0.6) is 0 Å². The Morgan fingerprint density at radius 2 is 1.87 bits per heavy atom. The summed E-state index contributed by atoms with van der Waals surface area (Å²) in [6.45, 7) is 8.40. The van der Waals surface area contributed by atoms with E-state index >= 15 is 0 Å². The molecule has 1 fully saturated rings. The normalized spacial score (nSPS) is 21.9. The van der Waals surface area contributed by atoms with Gasteiger partial charge in [0.25, 0.3) is 0 Å². The van der Waals surface area contributed by atoms with Gasteiger partial charge in [-0.3, -0.25) is 0 Å². The van der Waals surface area contributed by atoms with Gasteiger partial charge in [0.1, 0.15) is 5.60 Å². The van der Waals surface area contributed by atoms with Crippen LogP contribution in [0.15, 0.2) is 0 Å². The van der Waals surface area contributed by atoms with Gasteiger partial charge in [0.05, 0.1) is 12.7 Å². The van der Waals surface area contributed by atoms with E-state index < -0.39 is 5.60 Å². The highest BCUT2D eigenvalue weighted by Crippen LogP contribution is 2.21. The monoisotopic (exact) mass is 346 g/mol. The van der Waals surface area contributed by atoms with Gasteiger partial charge in [-0.2, -0.15) is 11.8 Å². The molecule has 1 aliphatic rings. The van der Waals surface area contributed by atoms with Gasteiger partial charge in [-0.25, -0.2) is 4.79 Å². The molecular formula is C17H34N2O3S. The third kappa shape index (κ3) is 10.8. The van der Waals surface area contributed by atoms with E-state index in [9.17, 15) is 4.79 Å². The van der Waals surface area contributed by atoms with Crippen molar-refractivity contribution in [3.63, 3.8) is 0 Å². The summed E-state index contributed by atoms with van der Waals surface area (Å²) >= 11 is 1.89. The molecule has 0 aromatic heterocycles. The van der Waals surface area contributed by atoms with E-state index in [1.165, 1.54) is 12.2 Å². The zero-order valence-electron chi connectivity index (χ0n) is 15.2. The van der Waals surface area contributed by atoms with Gasteiger partial charge in [-0.15, -0.1) is 0 Å². The number of carbonyl (C=O) groups excluding carboxylic acids is 1. The van der Waals surface area contributed by atoms with Gasteiger partial charge in [-0.1, -0.05) is 0 Å². The van der Waals surface area contributed by atoms with Crippen LogP contribution in [-0.2, 0) is 9.47 Å². The number of nitrogens with one attached hydrogen (secondary N) is 2. The third-order valence-electron chi connectivity index (χ3n) is 3.73. The lowest BCUT2D eigenvalue weighted by Crippen LogP contribution is -2.42. The Morgan fingerprint density at radius 3 is 2.48 bits per heavy atom. The Morgan fingerprint density at radius 1 is 1.17 bits per heavy atom. The molecule has 2 N–H and O–H groups in total. The molecule has 0 aromatic carbocycles. The van der Waals surface area contributed by atoms with E-state index in [0.29, 0.717) is 6.10 Å². The number of hydrogen-bond acceptors (Lipinski definition) is 5. The van der Waals surface area contributed by atoms with E-state index in [1.54, 1.807) is 0 Å². The summed E-state index contributed by atoms with van der Waals surface area (Å²) in [5, 5.41) is 6.37. The van der Waals surface area contributed by atoms with Crippen LogP contribution < -0.4 is 10.6 Å². The maximum absolute atomic E-state index is 11.8. The first-order chi connectivity index (χ1) is 10.9. The largest absolute Gasteiger partial charge is 0.444 e. The lowest BCUT2D eigenvalue weighted by molar-refractivity contribution is 0.0195. The molecule has 0 aromatic rings. The molecule has 0 aliphatic heterocycles. The van der Waals surface area contributed by atoms with E-state index in [-0.39, 0.29) is 12.1 Å². The van der Waals surface area contributed by atoms with Crippen molar-refractivity contribution in [2.75, 3.05) is 31.7 Å². The van der Waals surface area contributed by atoms with E-state index in [0.717, 1.165) is 45.4 Å². The van der Waals surface area contributed by atoms with Crippen LogP contribution in [0.25, 0.3) is 0 Å². The number of hydrogen-bond donors (Lipinski definition) is 2. The lowest BCUT2D eigenvalue weighted by atomic mass is 9.93. The molecule has 136 valence electrons. The Balaban J connectivity index is 2.03. The number of alkyl carbamates (subject to hydrolysis) is 1. The fraction of sp³-hybridized carbons (Fsp3) is 0.941. The van der Waals surface area contributed by atoms with Gasteiger partial charge >= 0.3 is 6.09 Å². The average molecular weight is 347 g/mol. The van der Waals surface area contributed by atoms with Crippen LogP contribution in [0.2, 0.25) is 0 Å². The average Bonchev–Trinajstić information content (AvgIpc) is 2.46. The summed E-state index contributed by atoms with van der Waals surface area (Å²) in [6, 6.07) is 0.217. The standard InChI is InChI=1S/C17H34N2O3S/c1-17(2,3)22-16(20)19-14-6-8-15(9-7-14)21-12-11-18-10-5-13-23-4/h14-15,18H,5-13H2,1-4H3,(H,19,20). The van der Waals surface area contributed by atoms with Gasteiger partial charge in [0.2, 0.25) is 0 Å². The van der Waals surface area contributed by atoms with Crippen LogP contribution in [0.4, 0.5) is 4.79 Å². The molecule has 5 nitrogen and oxygen atoms in total. The number of ether oxygens (including phenoxy) is 2. The minimum atomic E-state index is -0.437. The summed E-state index contributed by atoms with van der Waals surface area (Å²) in [6.07, 6.45) is 7.31. The van der Waals surface area contributed by atoms with Crippen molar-refractivity contribution in [2.24, 2.45) is 0 Å². The summed E-state index contributed by atoms with van der Waals surface area (Å²) in [5.41, 5.74) is -0.437. The molecule has 0 unspecified atom stereocenters. The molecule has 6 heteroatoms. The predicted molar refractivity (Wildman–Crippen MR) is 97.2 cm³/mol. The summed E-state index contributed by atoms with van der Waals surface area (Å²) in [5.74, 6) is 1.21. The summed E-state index contributed by atoms with van der Waals surface area (Å²) in [4.78, 5) is 11.8. The SMILES string of the molecule is CSCCCNCCOC1CCC(NC(=O)OC(C)(C)C)CC1. The van der Waals surface area contributed by atoms with Gasteiger partial charge in [-0.05, 0) is 71.4 Å². The van der Waals surface area contributed by atoms with Crippen molar-refractivity contribution in [3.8, 4) is 0 Å². The molecule has 0 atom stereocenters. The Bertz CT molecular complexity index is 326. The highest BCUT2D eigenvalue weighted by Gasteiger charge is 2.24. The first-order valence-corrected chi connectivity index (χ1v) is 10.1. The topological polar surface area (TPSA) is 59.6 Å². The molecule has 0 radical (unpaired) electrons.